The summed E-state index contributed by atoms with van der Waals surface area (Å²) in [7, 11) is 1.96. The van der Waals surface area contributed by atoms with E-state index in [9.17, 15) is 9.59 Å². The van der Waals surface area contributed by atoms with Gasteiger partial charge in [0.05, 0.1) is 28.7 Å². The Morgan fingerprint density at radius 1 is 1.14 bits per heavy atom. The van der Waals surface area contributed by atoms with E-state index in [2.05, 4.69) is 33.5 Å². The van der Waals surface area contributed by atoms with E-state index in [-0.39, 0.29) is 34.9 Å². The normalized spacial score (nSPS) is 17.9. The van der Waals surface area contributed by atoms with E-state index < -0.39 is 12.9 Å². The Hall–Kier alpha value is -4.01. The van der Waals surface area contributed by atoms with Gasteiger partial charge in [0.1, 0.15) is 5.82 Å². The predicted octanol–water partition coefficient (Wildman–Crippen LogP) is 4.12. The molecule has 0 spiro atoms. The van der Waals surface area contributed by atoms with Crippen molar-refractivity contribution in [1.29, 1.82) is 0 Å². The number of aromatic nitrogens is 3. The summed E-state index contributed by atoms with van der Waals surface area (Å²) in [6, 6.07) is 7.57. The van der Waals surface area contributed by atoms with E-state index in [0.29, 0.717) is 5.82 Å². The smallest absolute Gasteiger partial charge is 0.254 e. The van der Waals surface area contributed by atoms with Crippen LogP contribution in [0.15, 0.2) is 30.5 Å². The van der Waals surface area contributed by atoms with Crippen LogP contribution in [0.1, 0.15) is 57.2 Å². The number of carbonyl (C=O) groups is 2. The van der Waals surface area contributed by atoms with Gasteiger partial charge in [-0.05, 0) is 45.7 Å². The minimum atomic E-state index is -2.68. The van der Waals surface area contributed by atoms with Crippen LogP contribution in [-0.4, -0.2) is 40.8 Å². The van der Waals surface area contributed by atoms with Crippen molar-refractivity contribution in [2.45, 2.75) is 39.7 Å². The standard InChI is InChI=1S/C26H29N7O2/c1-13-6-9-17-15(3)33(5)23-18(22(17)29-13)10-14(2)30-24(23)31-20-11-21(32-25(34)16-7-8-16)28-12-19(20)26(35)27-4/h6,9-12,15-16H,7-8H2,1-5H3,(H,27,35)(H2,28,30,31,32,34)/t15-/m0/s1/i4D3. The monoisotopic (exact) mass is 474 g/mol. The van der Waals surface area contributed by atoms with Gasteiger partial charge in [-0.1, -0.05) is 6.07 Å². The molecule has 1 fully saturated rings. The number of fused-ring (bicyclic) bond motifs is 3. The van der Waals surface area contributed by atoms with Crippen molar-refractivity contribution in [1.82, 2.24) is 20.3 Å². The SMILES string of the molecule is [2H]C([2H])([2H])NC(=O)c1cnc(NC(=O)C2CC2)cc1Nc1nc(C)cc2c1N(C)[C@@H](C)c1ccc(C)nc1-2. The first-order valence-corrected chi connectivity index (χ1v) is 11.5. The molecule has 5 rings (SSSR count). The molecule has 0 radical (unpaired) electrons. The molecule has 0 bridgehead atoms. The zero-order valence-corrected chi connectivity index (χ0v) is 20.1. The first-order chi connectivity index (χ1) is 17.9. The average Bonchev–Trinajstić information content (AvgIpc) is 3.67. The third-order valence-electron chi connectivity index (χ3n) is 6.54. The fourth-order valence-corrected chi connectivity index (χ4v) is 4.39. The summed E-state index contributed by atoms with van der Waals surface area (Å²) in [6.07, 6.45) is 2.91. The van der Waals surface area contributed by atoms with Gasteiger partial charge in [-0.15, -0.1) is 0 Å². The molecule has 4 heterocycles. The van der Waals surface area contributed by atoms with E-state index in [1.807, 2.05) is 38.3 Å². The van der Waals surface area contributed by atoms with Crippen molar-refractivity contribution in [3.63, 3.8) is 0 Å². The average molecular weight is 475 g/mol. The van der Waals surface area contributed by atoms with Crippen molar-refractivity contribution >= 4 is 34.8 Å². The molecular weight excluding hydrogens is 442 g/mol. The van der Waals surface area contributed by atoms with Crippen LogP contribution in [0.5, 0.6) is 0 Å². The van der Waals surface area contributed by atoms with E-state index >= 15 is 0 Å². The maximum Gasteiger partial charge on any atom is 0.254 e. The van der Waals surface area contributed by atoms with Gasteiger partial charge in [0.25, 0.3) is 5.91 Å². The number of nitrogens with zero attached hydrogens (tertiary/aromatic N) is 4. The molecular formula is C26H29N7O2. The second-order valence-electron chi connectivity index (χ2n) is 9.14. The molecule has 0 unspecified atom stereocenters. The van der Waals surface area contributed by atoms with Gasteiger partial charge < -0.3 is 20.9 Å². The highest BCUT2D eigenvalue weighted by atomic mass is 16.2. The first-order valence-electron chi connectivity index (χ1n) is 13.0. The molecule has 2 aliphatic rings. The molecule has 3 aromatic heterocycles. The Bertz CT molecular complexity index is 1450. The van der Waals surface area contributed by atoms with Crippen molar-refractivity contribution in [3.05, 3.63) is 53.0 Å². The molecule has 2 amide bonds. The second-order valence-corrected chi connectivity index (χ2v) is 9.14. The third-order valence-corrected chi connectivity index (χ3v) is 6.54. The maximum absolute atomic E-state index is 12.9. The van der Waals surface area contributed by atoms with Crippen LogP contribution in [0.4, 0.5) is 23.0 Å². The van der Waals surface area contributed by atoms with Gasteiger partial charge >= 0.3 is 0 Å². The highest BCUT2D eigenvalue weighted by Crippen LogP contribution is 2.47. The van der Waals surface area contributed by atoms with Crippen molar-refractivity contribution in [2.24, 2.45) is 5.92 Å². The van der Waals surface area contributed by atoms with Crippen LogP contribution in [0.25, 0.3) is 11.3 Å². The molecule has 180 valence electrons. The molecule has 0 aromatic carbocycles. The topological polar surface area (TPSA) is 112 Å². The van der Waals surface area contributed by atoms with E-state index in [1.54, 1.807) is 0 Å². The first kappa shape index (κ1) is 19.3. The Balaban J connectivity index is 1.61. The Morgan fingerprint density at radius 3 is 2.69 bits per heavy atom. The minimum absolute atomic E-state index is 0.000170. The molecule has 1 aliphatic heterocycles. The quantitative estimate of drug-likeness (QED) is 0.510. The van der Waals surface area contributed by atoms with Crippen molar-refractivity contribution < 1.29 is 13.7 Å². The molecule has 9 heteroatoms. The van der Waals surface area contributed by atoms with Gasteiger partial charge in [-0.3, -0.25) is 14.6 Å². The van der Waals surface area contributed by atoms with Crippen LogP contribution >= 0.6 is 0 Å². The highest BCUT2D eigenvalue weighted by Gasteiger charge is 2.32. The number of pyridine rings is 3. The Morgan fingerprint density at radius 2 is 1.94 bits per heavy atom. The predicted molar refractivity (Wildman–Crippen MR) is 136 cm³/mol. The lowest BCUT2D eigenvalue weighted by Gasteiger charge is -2.36. The van der Waals surface area contributed by atoms with Gasteiger partial charge in [-0.25, -0.2) is 9.97 Å². The summed E-state index contributed by atoms with van der Waals surface area (Å²) in [5.41, 5.74) is 5.53. The zero-order chi connectivity index (χ0) is 27.4. The van der Waals surface area contributed by atoms with Crippen molar-refractivity contribution in [2.75, 3.05) is 29.6 Å². The van der Waals surface area contributed by atoms with Gasteiger partial charge in [0.2, 0.25) is 5.91 Å². The zero-order valence-electron chi connectivity index (χ0n) is 23.1. The second kappa shape index (κ2) is 8.65. The summed E-state index contributed by atoms with van der Waals surface area (Å²) in [5, 5.41) is 8.04. The maximum atomic E-state index is 12.9. The minimum Gasteiger partial charge on any atom is -0.364 e. The molecule has 9 nitrogen and oxygen atoms in total. The lowest BCUT2D eigenvalue weighted by molar-refractivity contribution is -0.117. The molecule has 3 N–H and O–H groups in total. The molecule has 35 heavy (non-hydrogen) atoms. The fraction of sp³-hybridized carbons (Fsp3) is 0.346. The number of nitrogens with one attached hydrogen (secondary N) is 3. The highest BCUT2D eigenvalue weighted by molar-refractivity contribution is 6.02. The summed E-state index contributed by atoms with van der Waals surface area (Å²) in [5.74, 6) is -0.284. The number of hydrogen-bond acceptors (Lipinski definition) is 7. The number of aryl methyl sites for hydroxylation is 2. The number of carbonyl (C=O) groups excluding carboxylic acids is 2. The van der Waals surface area contributed by atoms with Crippen LogP contribution in [-0.2, 0) is 4.79 Å². The van der Waals surface area contributed by atoms with E-state index in [1.165, 1.54) is 12.3 Å². The third kappa shape index (κ3) is 4.18. The molecule has 3 aromatic rings. The summed E-state index contributed by atoms with van der Waals surface area (Å²) < 4.78 is 22.4. The fourth-order valence-electron chi connectivity index (χ4n) is 4.39. The number of hydrogen-bond donors (Lipinski definition) is 3. The van der Waals surface area contributed by atoms with Crippen LogP contribution < -0.4 is 20.9 Å². The summed E-state index contributed by atoms with van der Waals surface area (Å²) in [6.45, 7) is 3.21. The van der Waals surface area contributed by atoms with Crippen LogP contribution in [0, 0.1) is 19.8 Å². The molecule has 1 aliphatic carbocycles. The number of rotatable bonds is 5. The lowest BCUT2D eigenvalue weighted by Crippen LogP contribution is -2.28. The Labute approximate surface area is 208 Å². The molecule has 0 saturated heterocycles. The van der Waals surface area contributed by atoms with Gasteiger partial charge in [0.15, 0.2) is 5.82 Å². The Kier molecular flexibility index (Phi) is 4.77. The summed E-state index contributed by atoms with van der Waals surface area (Å²) >= 11 is 0. The van der Waals surface area contributed by atoms with Gasteiger partial charge in [0, 0.05) is 58.8 Å². The summed E-state index contributed by atoms with van der Waals surface area (Å²) in [4.78, 5) is 41.1. The van der Waals surface area contributed by atoms with Crippen molar-refractivity contribution in [3.8, 4) is 11.3 Å². The van der Waals surface area contributed by atoms with Crippen LogP contribution in [0.3, 0.4) is 0 Å². The number of anilines is 4. The van der Waals surface area contributed by atoms with E-state index in [4.69, 9.17) is 14.1 Å². The molecule has 1 atom stereocenters. The number of amides is 2. The largest absolute Gasteiger partial charge is 0.364 e. The van der Waals surface area contributed by atoms with E-state index in [0.717, 1.165) is 46.7 Å². The van der Waals surface area contributed by atoms with Crippen LogP contribution in [0.2, 0.25) is 0 Å². The van der Waals surface area contributed by atoms with Gasteiger partial charge in [-0.2, -0.15) is 0 Å². The lowest BCUT2D eigenvalue weighted by atomic mass is 9.93. The molecule has 1 saturated carbocycles.